The highest BCUT2D eigenvalue weighted by Gasteiger charge is 2.17. The Kier molecular flexibility index (Phi) is 6.17. The van der Waals surface area contributed by atoms with Gasteiger partial charge in [0.05, 0.1) is 11.5 Å². The fourth-order valence-corrected chi connectivity index (χ4v) is 1.65. The quantitative estimate of drug-likeness (QED) is 0.441. The molecule has 7 heteroatoms. The molecule has 1 atom stereocenters. The number of nitro groups is 1. The van der Waals surface area contributed by atoms with Crippen molar-refractivity contribution in [1.82, 2.24) is 10.6 Å². The van der Waals surface area contributed by atoms with Crippen LogP contribution in [-0.2, 0) is 11.3 Å². The van der Waals surface area contributed by atoms with Gasteiger partial charge in [0.15, 0.2) is 6.10 Å². The van der Waals surface area contributed by atoms with E-state index in [1.165, 1.54) is 18.2 Å². The lowest BCUT2D eigenvalue weighted by atomic mass is 10.1. The highest BCUT2D eigenvalue weighted by molar-refractivity contribution is 5.81. The number of carbonyl (C=O) groups excluding carboxylic acids is 1. The van der Waals surface area contributed by atoms with Gasteiger partial charge in [0.1, 0.15) is 5.75 Å². The summed E-state index contributed by atoms with van der Waals surface area (Å²) in [6, 6.07) is 4.23. The van der Waals surface area contributed by atoms with E-state index in [4.69, 9.17) is 11.2 Å². The Morgan fingerprint density at radius 3 is 2.86 bits per heavy atom. The van der Waals surface area contributed by atoms with Gasteiger partial charge in [-0.15, -0.1) is 6.42 Å². The summed E-state index contributed by atoms with van der Waals surface area (Å²) >= 11 is 0. The number of nitrogens with one attached hydrogen (secondary N) is 2. The van der Waals surface area contributed by atoms with Gasteiger partial charge >= 0.3 is 0 Å². The van der Waals surface area contributed by atoms with E-state index in [2.05, 4.69) is 16.6 Å². The fourth-order valence-electron chi connectivity index (χ4n) is 1.65. The summed E-state index contributed by atoms with van der Waals surface area (Å²) in [5, 5.41) is 16.2. The van der Waals surface area contributed by atoms with Crippen molar-refractivity contribution in [2.24, 2.45) is 0 Å². The van der Waals surface area contributed by atoms with Crippen molar-refractivity contribution in [3.05, 3.63) is 33.9 Å². The van der Waals surface area contributed by atoms with Crippen LogP contribution in [0.1, 0.15) is 12.5 Å². The molecule has 1 rings (SSSR count). The first kappa shape index (κ1) is 16.5. The van der Waals surface area contributed by atoms with Crippen molar-refractivity contribution in [1.29, 1.82) is 0 Å². The van der Waals surface area contributed by atoms with E-state index in [9.17, 15) is 14.9 Å². The average Bonchev–Trinajstić information content (AvgIpc) is 2.46. The first-order chi connectivity index (χ1) is 9.99. The molecular formula is C14H17N3O4. The monoisotopic (exact) mass is 291 g/mol. The maximum Gasteiger partial charge on any atom is 0.270 e. The molecule has 0 aliphatic carbocycles. The van der Waals surface area contributed by atoms with Gasteiger partial charge in [-0.05, 0) is 20.0 Å². The zero-order valence-electron chi connectivity index (χ0n) is 11.9. The summed E-state index contributed by atoms with van der Waals surface area (Å²) in [5.41, 5.74) is 0.570. The zero-order chi connectivity index (χ0) is 15.8. The van der Waals surface area contributed by atoms with Gasteiger partial charge in [-0.3, -0.25) is 14.9 Å². The van der Waals surface area contributed by atoms with E-state index in [1.54, 1.807) is 14.0 Å². The van der Waals surface area contributed by atoms with Crippen molar-refractivity contribution >= 4 is 11.6 Å². The molecule has 2 N–H and O–H groups in total. The summed E-state index contributed by atoms with van der Waals surface area (Å²) in [5.74, 6) is 2.37. The van der Waals surface area contributed by atoms with Gasteiger partial charge in [0.2, 0.25) is 0 Å². The average molecular weight is 291 g/mol. The molecule has 0 fully saturated rings. The third-order valence-electron chi connectivity index (χ3n) is 2.66. The minimum absolute atomic E-state index is 0.0305. The lowest BCUT2D eigenvalue weighted by molar-refractivity contribution is -0.384. The van der Waals surface area contributed by atoms with Crippen LogP contribution in [0.3, 0.4) is 0 Å². The first-order valence-electron chi connectivity index (χ1n) is 6.29. The molecule has 1 amide bonds. The van der Waals surface area contributed by atoms with Crippen molar-refractivity contribution < 1.29 is 14.5 Å². The number of hydrogen-bond donors (Lipinski definition) is 2. The van der Waals surface area contributed by atoms with Crippen LogP contribution in [0.5, 0.6) is 5.75 Å². The van der Waals surface area contributed by atoms with Gasteiger partial charge in [-0.1, -0.05) is 5.92 Å². The van der Waals surface area contributed by atoms with Crippen LogP contribution in [0.25, 0.3) is 0 Å². The van der Waals surface area contributed by atoms with E-state index < -0.39 is 11.0 Å². The zero-order valence-corrected chi connectivity index (χ0v) is 11.9. The molecule has 0 aromatic heterocycles. The van der Waals surface area contributed by atoms with Crippen LogP contribution >= 0.6 is 0 Å². The molecule has 0 radical (unpaired) electrons. The second-order valence-electron chi connectivity index (χ2n) is 4.26. The normalized spacial score (nSPS) is 11.3. The molecule has 21 heavy (non-hydrogen) atoms. The van der Waals surface area contributed by atoms with Gasteiger partial charge in [0, 0.05) is 24.2 Å². The predicted molar refractivity (Wildman–Crippen MR) is 77.8 cm³/mol. The van der Waals surface area contributed by atoms with Crippen molar-refractivity contribution in [3.63, 3.8) is 0 Å². The van der Waals surface area contributed by atoms with E-state index in [0.29, 0.717) is 17.9 Å². The number of non-ortho nitro benzene ring substituents is 1. The molecular weight excluding hydrogens is 274 g/mol. The molecule has 7 nitrogen and oxygen atoms in total. The van der Waals surface area contributed by atoms with E-state index in [-0.39, 0.29) is 18.1 Å². The second-order valence-corrected chi connectivity index (χ2v) is 4.26. The van der Waals surface area contributed by atoms with Crippen LogP contribution in [-0.4, -0.2) is 30.5 Å². The third-order valence-corrected chi connectivity index (χ3v) is 2.66. The number of rotatable bonds is 7. The smallest absolute Gasteiger partial charge is 0.270 e. The van der Waals surface area contributed by atoms with Gasteiger partial charge in [-0.25, -0.2) is 0 Å². The Bertz CT molecular complexity index is 566. The molecule has 1 aromatic carbocycles. The van der Waals surface area contributed by atoms with E-state index >= 15 is 0 Å². The summed E-state index contributed by atoms with van der Waals surface area (Å²) in [6.45, 7) is 2.09. The second kappa shape index (κ2) is 7.87. The summed E-state index contributed by atoms with van der Waals surface area (Å²) in [4.78, 5) is 22.0. The van der Waals surface area contributed by atoms with Crippen molar-refractivity contribution in [2.75, 3.05) is 13.6 Å². The number of amides is 1. The molecule has 0 saturated carbocycles. The van der Waals surface area contributed by atoms with Gasteiger partial charge in [-0.2, -0.15) is 0 Å². The van der Waals surface area contributed by atoms with Crippen molar-refractivity contribution in [3.8, 4) is 18.1 Å². The van der Waals surface area contributed by atoms with Crippen LogP contribution in [0, 0.1) is 22.5 Å². The van der Waals surface area contributed by atoms with Crippen molar-refractivity contribution in [2.45, 2.75) is 19.6 Å². The molecule has 0 bridgehead atoms. The highest BCUT2D eigenvalue weighted by Crippen LogP contribution is 2.25. The van der Waals surface area contributed by atoms with Crippen LogP contribution < -0.4 is 15.4 Å². The minimum Gasteiger partial charge on any atom is -0.481 e. The maximum absolute atomic E-state index is 11.7. The molecule has 1 unspecified atom stereocenters. The molecule has 0 spiro atoms. The molecule has 0 aliphatic rings. The molecule has 1 aromatic rings. The van der Waals surface area contributed by atoms with Crippen LogP contribution in [0.2, 0.25) is 0 Å². The van der Waals surface area contributed by atoms with Gasteiger partial charge in [0.25, 0.3) is 11.6 Å². The summed E-state index contributed by atoms with van der Waals surface area (Å²) in [6.07, 6.45) is 4.31. The number of benzene rings is 1. The highest BCUT2D eigenvalue weighted by atomic mass is 16.6. The van der Waals surface area contributed by atoms with E-state index in [0.717, 1.165) is 0 Å². The topological polar surface area (TPSA) is 93.5 Å². The lowest BCUT2D eigenvalue weighted by Crippen LogP contribution is -2.36. The Hall–Kier alpha value is -2.59. The van der Waals surface area contributed by atoms with Gasteiger partial charge < -0.3 is 15.4 Å². The first-order valence-corrected chi connectivity index (χ1v) is 6.29. The number of terminal acetylenes is 1. The number of ether oxygens (including phenoxy) is 1. The summed E-state index contributed by atoms with van der Waals surface area (Å²) < 4.78 is 5.55. The summed E-state index contributed by atoms with van der Waals surface area (Å²) in [7, 11) is 1.71. The largest absolute Gasteiger partial charge is 0.481 e. The number of nitro benzene ring substituents is 1. The van der Waals surface area contributed by atoms with Crippen LogP contribution in [0.4, 0.5) is 5.69 Å². The Morgan fingerprint density at radius 2 is 2.29 bits per heavy atom. The molecule has 0 heterocycles. The predicted octanol–water partition coefficient (Wildman–Crippen LogP) is 0.831. The SMILES string of the molecule is C#CCNC(=O)C(C)Oc1ccc([N+](=O)[O-])cc1CNC. The molecule has 0 aliphatic heterocycles. The van der Waals surface area contributed by atoms with Crippen LogP contribution in [0.15, 0.2) is 18.2 Å². The molecule has 112 valence electrons. The third kappa shape index (κ3) is 4.78. The Balaban J connectivity index is 2.89. The number of hydrogen-bond acceptors (Lipinski definition) is 5. The number of carbonyl (C=O) groups is 1. The fraction of sp³-hybridized carbons (Fsp3) is 0.357. The lowest BCUT2D eigenvalue weighted by Gasteiger charge is -2.16. The van der Waals surface area contributed by atoms with E-state index in [1.807, 2.05) is 0 Å². The minimum atomic E-state index is -0.754. The molecule has 0 saturated heterocycles. The maximum atomic E-state index is 11.7. The Labute approximate surface area is 122 Å². The Morgan fingerprint density at radius 1 is 1.57 bits per heavy atom. The standard InChI is InChI=1S/C14H17N3O4/c1-4-7-16-14(18)10(2)21-13-6-5-12(17(19)20)8-11(13)9-15-3/h1,5-6,8,10,15H,7,9H2,2-3H3,(H,16,18). The number of nitrogens with zero attached hydrogens (tertiary/aromatic N) is 1.